The maximum Gasteiger partial charge on any atom is 0.303 e. The Morgan fingerprint density at radius 1 is 1.17 bits per heavy atom. The van der Waals surface area contributed by atoms with Crippen LogP contribution in [0, 0.1) is 0 Å². The van der Waals surface area contributed by atoms with Crippen LogP contribution in [0.1, 0.15) is 24.0 Å². The Bertz CT molecular complexity index is 798. The number of fused-ring (bicyclic) bond motifs is 1. The van der Waals surface area contributed by atoms with Gasteiger partial charge in [0.05, 0.1) is 7.11 Å². The summed E-state index contributed by atoms with van der Waals surface area (Å²) in [6, 6.07) is 11.8. The average Bonchev–Trinajstić information content (AvgIpc) is 2.59. The van der Waals surface area contributed by atoms with Crippen molar-refractivity contribution in [1.29, 1.82) is 0 Å². The molecule has 0 unspecified atom stereocenters. The molecule has 5 nitrogen and oxygen atoms in total. The molecule has 2 N–H and O–H groups in total. The number of hydrogen-bond donors (Lipinski definition) is 2. The topological polar surface area (TPSA) is 75.6 Å². The molecule has 3 rings (SSSR count). The van der Waals surface area contributed by atoms with Gasteiger partial charge in [-0.2, -0.15) is 0 Å². The molecule has 0 spiro atoms. The van der Waals surface area contributed by atoms with Crippen molar-refractivity contribution >= 4 is 17.6 Å². The second-order valence-corrected chi connectivity index (χ2v) is 5.84. The standard InChI is InChI=1S/C19H19NO4/c1-24-17-11-14(3-2-12(17)6-9-19(22)23)13-4-7-16-15(10-13)5-8-18(21)20-16/h2-4,7,10-11H,5-6,8-9H2,1H3,(H,20,21)(H,22,23). The SMILES string of the molecule is COc1cc(-c2ccc3c(c2)CCC(=O)N3)ccc1CCC(=O)O. The first-order chi connectivity index (χ1) is 11.6. The van der Waals surface area contributed by atoms with Gasteiger partial charge >= 0.3 is 5.97 Å². The molecule has 1 heterocycles. The molecule has 0 fully saturated rings. The van der Waals surface area contributed by atoms with Gasteiger partial charge in [-0.25, -0.2) is 0 Å². The number of ether oxygens (including phenoxy) is 1. The Balaban J connectivity index is 1.89. The number of carboxylic acid groups (broad SMARTS) is 1. The first-order valence-corrected chi connectivity index (χ1v) is 7.88. The molecule has 0 bridgehead atoms. The molecule has 0 aliphatic carbocycles. The van der Waals surface area contributed by atoms with Crippen molar-refractivity contribution in [3.05, 3.63) is 47.5 Å². The van der Waals surface area contributed by atoms with Crippen molar-refractivity contribution in [3.63, 3.8) is 0 Å². The van der Waals surface area contributed by atoms with Crippen LogP contribution in [0.2, 0.25) is 0 Å². The molecule has 0 saturated carbocycles. The second kappa shape index (κ2) is 6.74. The van der Waals surface area contributed by atoms with Gasteiger partial charge in [0.2, 0.25) is 5.91 Å². The fourth-order valence-corrected chi connectivity index (χ4v) is 2.94. The summed E-state index contributed by atoms with van der Waals surface area (Å²) < 4.78 is 5.42. The predicted molar refractivity (Wildman–Crippen MR) is 91.3 cm³/mol. The molecule has 24 heavy (non-hydrogen) atoms. The van der Waals surface area contributed by atoms with Crippen LogP contribution in [-0.4, -0.2) is 24.1 Å². The fraction of sp³-hybridized carbons (Fsp3) is 0.263. The molecular formula is C19H19NO4. The second-order valence-electron chi connectivity index (χ2n) is 5.84. The van der Waals surface area contributed by atoms with Gasteiger partial charge in [0.25, 0.3) is 0 Å². The zero-order valence-electron chi connectivity index (χ0n) is 13.5. The van der Waals surface area contributed by atoms with Crippen LogP contribution >= 0.6 is 0 Å². The summed E-state index contributed by atoms with van der Waals surface area (Å²) in [4.78, 5) is 22.2. The summed E-state index contributed by atoms with van der Waals surface area (Å²) in [5.74, 6) is -0.0719. The molecule has 0 radical (unpaired) electrons. The number of rotatable bonds is 5. The van der Waals surface area contributed by atoms with Crippen LogP contribution in [0.4, 0.5) is 5.69 Å². The molecule has 2 aromatic carbocycles. The third-order valence-corrected chi connectivity index (χ3v) is 4.23. The zero-order chi connectivity index (χ0) is 17.1. The van der Waals surface area contributed by atoms with Gasteiger partial charge in [0.1, 0.15) is 5.75 Å². The van der Waals surface area contributed by atoms with Gasteiger partial charge in [-0.15, -0.1) is 0 Å². The number of carboxylic acids is 1. The summed E-state index contributed by atoms with van der Waals surface area (Å²) in [7, 11) is 1.59. The summed E-state index contributed by atoms with van der Waals surface area (Å²) in [6.45, 7) is 0. The lowest BCUT2D eigenvalue weighted by atomic mass is 9.95. The molecule has 2 aromatic rings. The number of benzene rings is 2. The molecular weight excluding hydrogens is 306 g/mol. The number of carbonyl (C=O) groups is 2. The highest BCUT2D eigenvalue weighted by Crippen LogP contribution is 2.32. The van der Waals surface area contributed by atoms with E-state index in [-0.39, 0.29) is 12.3 Å². The van der Waals surface area contributed by atoms with Crippen LogP contribution < -0.4 is 10.1 Å². The Morgan fingerprint density at radius 2 is 1.92 bits per heavy atom. The monoisotopic (exact) mass is 325 g/mol. The van der Waals surface area contributed by atoms with E-state index in [0.717, 1.165) is 34.4 Å². The molecule has 1 aliphatic heterocycles. The Morgan fingerprint density at radius 3 is 2.67 bits per heavy atom. The normalized spacial score (nSPS) is 13.1. The first kappa shape index (κ1) is 16.1. The quantitative estimate of drug-likeness (QED) is 0.885. The number of amides is 1. The lowest BCUT2D eigenvalue weighted by molar-refractivity contribution is -0.137. The van der Waals surface area contributed by atoms with E-state index in [4.69, 9.17) is 9.84 Å². The number of nitrogens with one attached hydrogen (secondary N) is 1. The van der Waals surface area contributed by atoms with Crippen LogP contribution in [0.5, 0.6) is 5.75 Å². The molecule has 0 saturated heterocycles. The van der Waals surface area contributed by atoms with Crippen molar-refractivity contribution in [1.82, 2.24) is 0 Å². The van der Waals surface area contributed by atoms with Crippen molar-refractivity contribution in [2.45, 2.75) is 25.7 Å². The van der Waals surface area contributed by atoms with E-state index in [2.05, 4.69) is 11.4 Å². The van der Waals surface area contributed by atoms with E-state index in [1.807, 2.05) is 30.3 Å². The third-order valence-electron chi connectivity index (χ3n) is 4.23. The van der Waals surface area contributed by atoms with E-state index in [9.17, 15) is 9.59 Å². The maximum absolute atomic E-state index is 11.4. The lowest BCUT2D eigenvalue weighted by Crippen LogP contribution is -2.18. The number of aliphatic carboxylic acids is 1. The fourth-order valence-electron chi connectivity index (χ4n) is 2.94. The van der Waals surface area contributed by atoms with Crippen molar-refractivity contribution < 1.29 is 19.4 Å². The van der Waals surface area contributed by atoms with Gasteiger partial charge in [0, 0.05) is 18.5 Å². The number of anilines is 1. The smallest absolute Gasteiger partial charge is 0.303 e. The van der Waals surface area contributed by atoms with Crippen molar-refractivity contribution in [3.8, 4) is 16.9 Å². The van der Waals surface area contributed by atoms with Gasteiger partial charge in [0.15, 0.2) is 0 Å². The summed E-state index contributed by atoms with van der Waals surface area (Å²) in [6.07, 6.45) is 1.76. The van der Waals surface area contributed by atoms with E-state index >= 15 is 0 Å². The number of carbonyl (C=O) groups excluding carboxylic acids is 1. The molecule has 0 atom stereocenters. The Hall–Kier alpha value is -2.82. The van der Waals surface area contributed by atoms with Crippen molar-refractivity contribution in [2.24, 2.45) is 0 Å². The summed E-state index contributed by atoms with van der Waals surface area (Å²) in [5, 5.41) is 11.7. The highest BCUT2D eigenvalue weighted by atomic mass is 16.5. The van der Waals surface area contributed by atoms with E-state index in [1.54, 1.807) is 7.11 Å². The van der Waals surface area contributed by atoms with Gasteiger partial charge < -0.3 is 15.2 Å². The molecule has 1 amide bonds. The first-order valence-electron chi connectivity index (χ1n) is 7.88. The van der Waals surface area contributed by atoms with E-state index < -0.39 is 5.97 Å². The molecule has 124 valence electrons. The minimum atomic E-state index is -0.821. The third kappa shape index (κ3) is 3.40. The number of hydrogen-bond acceptors (Lipinski definition) is 3. The highest BCUT2D eigenvalue weighted by Gasteiger charge is 2.15. The minimum Gasteiger partial charge on any atom is -0.496 e. The molecule has 5 heteroatoms. The number of methoxy groups -OCH3 is 1. The van der Waals surface area contributed by atoms with Crippen molar-refractivity contribution in [2.75, 3.05) is 12.4 Å². The van der Waals surface area contributed by atoms with Gasteiger partial charge in [-0.1, -0.05) is 18.2 Å². The zero-order valence-corrected chi connectivity index (χ0v) is 13.5. The average molecular weight is 325 g/mol. The van der Waals surface area contributed by atoms with Crippen LogP contribution in [-0.2, 0) is 22.4 Å². The molecule has 1 aliphatic rings. The van der Waals surface area contributed by atoms with Gasteiger partial charge in [-0.3, -0.25) is 9.59 Å². The van der Waals surface area contributed by atoms with Crippen LogP contribution in [0.15, 0.2) is 36.4 Å². The predicted octanol–water partition coefficient (Wildman–Crippen LogP) is 3.26. The maximum atomic E-state index is 11.4. The summed E-state index contributed by atoms with van der Waals surface area (Å²) in [5.41, 5.74) is 4.94. The van der Waals surface area contributed by atoms with Crippen LogP contribution in [0.3, 0.4) is 0 Å². The largest absolute Gasteiger partial charge is 0.496 e. The Labute approximate surface area is 140 Å². The summed E-state index contributed by atoms with van der Waals surface area (Å²) >= 11 is 0. The Kier molecular flexibility index (Phi) is 4.51. The minimum absolute atomic E-state index is 0.0553. The number of aryl methyl sites for hydroxylation is 2. The lowest BCUT2D eigenvalue weighted by Gasteiger charge is -2.18. The van der Waals surface area contributed by atoms with Gasteiger partial charge in [-0.05, 0) is 53.3 Å². The molecule has 0 aromatic heterocycles. The van der Waals surface area contributed by atoms with E-state index in [1.165, 1.54) is 0 Å². The van der Waals surface area contributed by atoms with Crippen LogP contribution in [0.25, 0.3) is 11.1 Å². The van der Waals surface area contributed by atoms with E-state index in [0.29, 0.717) is 18.6 Å². The highest BCUT2D eigenvalue weighted by molar-refractivity contribution is 5.94.